The van der Waals surface area contributed by atoms with Gasteiger partial charge in [0.25, 0.3) is 0 Å². The molecule has 0 rings (SSSR count). The SMILES string of the molecule is CC(O)C(S)CC(=O)O. The number of carbonyl (C=O) groups is 1. The van der Waals surface area contributed by atoms with Crippen LogP contribution in [0.3, 0.4) is 0 Å². The van der Waals surface area contributed by atoms with E-state index in [0.29, 0.717) is 0 Å². The Morgan fingerprint density at radius 1 is 1.78 bits per heavy atom. The number of thiol groups is 1. The van der Waals surface area contributed by atoms with Crippen LogP contribution in [0.5, 0.6) is 0 Å². The van der Waals surface area contributed by atoms with Crippen molar-refractivity contribution in [2.24, 2.45) is 0 Å². The van der Waals surface area contributed by atoms with Gasteiger partial charge in [-0.1, -0.05) is 0 Å². The molecule has 4 heteroatoms. The predicted molar refractivity (Wildman–Crippen MR) is 36.7 cm³/mol. The van der Waals surface area contributed by atoms with Gasteiger partial charge in [0, 0.05) is 5.25 Å². The highest BCUT2D eigenvalue weighted by atomic mass is 32.1. The van der Waals surface area contributed by atoms with Gasteiger partial charge in [-0.05, 0) is 6.92 Å². The van der Waals surface area contributed by atoms with E-state index in [4.69, 9.17) is 10.2 Å². The zero-order chi connectivity index (χ0) is 7.44. The second-order valence-electron chi connectivity index (χ2n) is 1.91. The number of aliphatic hydroxyl groups excluding tert-OH is 1. The van der Waals surface area contributed by atoms with Gasteiger partial charge in [0.1, 0.15) is 0 Å². The van der Waals surface area contributed by atoms with E-state index in [0.717, 1.165) is 0 Å². The summed E-state index contributed by atoms with van der Waals surface area (Å²) in [6, 6.07) is 0. The van der Waals surface area contributed by atoms with E-state index in [1.165, 1.54) is 6.92 Å². The van der Waals surface area contributed by atoms with Crippen LogP contribution >= 0.6 is 12.6 Å². The van der Waals surface area contributed by atoms with Crippen LogP contribution in [-0.2, 0) is 4.79 Å². The van der Waals surface area contributed by atoms with Crippen LogP contribution in [0.25, 0.3) is 0 Å². The van der Waals surface area contributed by atoms with Crippen molar-refractivity contribution in [2.45, 2.75) is 24.7 Å². The molecule has 0 fully saturated rings. The molecule has 0 spiro atoms. The Morgan fingerprint density at radius 2 is 2.22 bits per heavy atom. The normalized spacial score (nSPS) is 16.8. The smallest absolute Gasteiger partial charge is 0.304 e. The fourth-order valence-corrected chi connectivity index (χ4v) is 0.506. The average molecular weight is 150 g/mol. The molecular weight excluding hydrogens is 140 g/mol. The molecular formula is C5H10O3S. The van der Waals surface area contributed by atoms with Crippen LogP contribution in [0.2, 0.25) is 0 Å². The molecule has 2 N–H and O–H groups in total. The summed E-state index contributed by atoms with van der Waals surface area (Å²) in [5.74, 6) is -0.934. The summed E-state index contributed by atoms with van der Waals surface area (Å²) >= 11 is 3.83. The zero-order valence-electron chi connectivity index (χ0n) is 5.11. The lowest BCUT2D eigenvalue weighted by atomic mass is 10.2. The molecule has 0 aliphatic heterocycles. The highest BCUT2D eigenvalue weighted by Crippen LogP contribution is 2.05. The van der Waals surface area contributed by atoms with Crippen LogP contribution in [0.15, 0.2) is 0 Å². The van der Waals surface area contributed by atoms with Crippen LogP contribution in [-0.4, -0.2) is 27.5 Å². The van der Waals surface area contributed by atoms with Gasteiger partial charge in [-0.25, -0.2) is 0 Å². The molecule has 0 aromatic carbocycles. The number of carboxylic acid groups (broad SMARTS) is 1. The minimum absolute atomic E-state index is 0.0965. The molecule has 0 aliphatic rings. The van der Waals surface area contributed by atoms with Crippen molar-refractivity contribution in [2.75, 3.05) is 0 Å². The van der Waals surface area contributed by atoms with Gasteiger partial charge in [0.2, 0.25) is 0 Å². The number of hydrogen-bond acceptors (Lipinski definition) is 3. The van der Waals surface area contributed by atoms with Gasteiger partial charge in [0.15, 0.2) is 0 Å². The minimum Gasteiger partial charge on any atom is -0.481 e. The molecule has 0 aromatic rings. The Balaban J connectivity index is 3.50. The Morgan fingerprint density at radius 3 is 2.33 bits per heavy atom. The van der Waals surface area contributed by atoms with Gasteiger partial charge in [-0.3, -0.25) is 4.79 Å². The molecule has 54 valence electrons. The molecule has 3 nitrogen and oxygen atoms in total. The molecule has 0 bridgehead atoms. The van der Waals surface area contributed by atoms with Crippen molar-refractivity contribution in [1.82, 2.24) is 0 Å². The topological polar surface area (TPSA) is 57.5 Å². The summed E-state index contributed by atoms with van der Waals surface area (Å²) in [6.45, 7) is 1.51. The maximum atomic E-state index is 9.95. The summed E-state index contributed by atoms with van der Waals surface area (Å²) in [5.41, 5.74) is 0. The lowest BCUT2D eigenvalue weighted by Gasteiger charge is -2.09. The van der Waals surface area contributed by atoms with E-state index >= 15 is 0 Å². The fraction of sp³-hybridized carbons (Fsp3) is 0.800. The Labute approximate surface area is 59.1 Å². The van der Waals surface area contributed by atoms with Crippen LogP contribution in [0, 0.1) is 0 Å². The predicted octanol–water partition coefficient (Wildman–Crippen LogP) is 0.140. The Hall–Kier alpha value is -0.220. The summed E-state index contributed by atoms with van der Waals surface area (Å²) in [6.07, 6.45) is -0.759. The molecule has 2 unspecified atom stereocenters. The maximum absolute atomic E-state index is 9.95. The first-order valence-electron chi connectivity index (χ1n) is 2.62. The van der Waals surface area contributed by atoms with Gasteiger partial charge in [-0.2, -0.15) is 12.6 Å². The first-order valence-corrected chi connectivity index (χ1v) is 3.13. The first-order chi connectivity index (χ1) is 4.04. The number of rotatable bonds is 3. The largest absolute Gasteiger partial charge is 0.481 e. The highest BCUT2D eigenvalue weighted by Gasteiger charge is 2.12. The number of hydrogen-bond donors (Lipinski definition) is 3. The molecule has 0 radical (unpaired) electrons. The molecule has 2 atom stereocenters. The monoisotopic (exact) mass is 150 g/mol. The second kappa shape index (κ2) is 3.74. The zero-order valence-corrected chi connectivity index (χ0v) is 6.01. The lowest BCUT2D eigenvalue weighted by Crippen LogP contribution is -2.20. The van der Waals surface area contributed by atoms with E-state index in [1.54, 1.807) is 0 Å². The second-order valence-corrected chi connectivity index (χ2v) is 2.57. The Bertz CT molecular complexity index is 102. The standard InChI is InChI=1S/C5H10O3S/c1-3(6)4(9)2-5(7)8/h3-4,6,9H,2H2,1H3,(H,7,8). The van der Waals surface area contributed by atoms with Crippen LogP contribution in [0.1, 0.15) is 13.3 Å². The van der Waals surface area contributed by atoms with Crippen molar-refractivity contribution in [3.63, 3.8) is 0 Å². The lowest BCUT2D eigenvalue weighted by molar-refractivity contribution is -0.137. The quantitative estimate of drug-likeness (QED) is 0.501. The van der Waals surface area contributed by atoms with E-state index in [9.17, 15) is 4.79 Å². The molecule has 9 heavy (non-hydrogen) atoms. The molecule has 0 amide bonds. The third-order valence-electron chi connectivity index (χ3n) is 0.941. The molecule has 0 saturated heterocycles. The number of carboxylic acids is 1. The van der Waals surface area contributed by atoms with Crippen molar-refractivity contribution >= 4 is 18.6 Å². The van der Waals surface area contributed by atoms with Crippen molar-refractivity contribution in [1.29, 1.82) is 0 Å². The molecule has 0 saturated carbocycles. The third kappa shape index (κ3) is 4.29. The van der Waals surface area contributed by atoms with Gasteiger partial charge in [0.05, 0.1) is 12.5 Å². The number of aliphatic hydroxyl groups is 1. The Kier molecular flexibility index (Phi) is 3.65. The first kappa shape index (κ1) is 8.78. The van der Waals surface area contributed by atoms with Gasteiger partial charge in [-0.15, -0.1) is 0 Å². The van der Waals surface area contributed by atoms with E-state index in [1.807, 2.05) is 0 Å². The van der Waals surface area contributed by atoms with Gasteiger partial charge >= 0.3 is 5.97 Å². The fourth-order valence-electron chi connectivity index (χ4n) is 0.349. The summed E-state index contributed by atoms with van der Waals surface area (Å²) in [4.78, 5) is 9.95. The highest BCUT2D eigenvalue weighted by molar-refractivity contribution is 7.81. The van der Waals surface area contributed by atoms with E-state index < -0.39 is 17.3 Å². The van der Waals surface area contributed by atoms with Crippen molar-refractivity contribution in [3.05, 3.63) is 0 Å². The number of aliphatic carboxylic acids is 1. The average Bonchev–Trinajstić information content (AvgIpc) is 1.63. The van der Waals surface area contributed by atoms with Gasteiger partial charge < -0.3 is 10.2 Å². The molecule has 0 aliphatic carbocycles. The van der Waals surface area contributed by atoms with E-state index in [-0.39, 0.29) is 6.42 Å². The molecule has 0 aromatic heterocycles. The van der Waals surface area contributed by atoms with Crippen LogP contribution < -0.4 is 0 Å². The third-order valence-corrected chi connectivity index (χ3v) is 1.55. The summed E-state index contributed by atoms with van der Waals surface area (Å²) < 4.78 is 0. The van der Waals surface area contributed by atoms with Crippen molar-refractivity contribution in [3.8, 4) is 0 Å². The van der Waals surface area contributed by atoms with E-state index in [2.05, 4.69) is 12.6 Å². The maximum Gasteiger partial charge on any atom is 0.304 e. The summed E-state index contributed by atoms with van der Waals surface area (Å²) in [5, 5.41) is 16.4. The summed E-state index contributed by atoms with van der Waals surface area (Å²) in [7, 11) is 0. The molecule has 0 heterocycles. The minimum atomic E-state index is -0.934. The van der Waals surface area contributed by atoms with Crippen molar-refractivity contribution < 1.29 is 15.0 Å². The van der Waals surface area contributed by atoms with Crippen LogP contribution in [0.4, 0.5) is 0 Å².